The summed E-state index contributed by atoms with van der Waals surface area (Å²) in [6.45, 7) is 0. The van der Waals surface area contributed by atoms with Gasteiger partial charge in [-0.15, -0.1) is 0 Å². The summed E-state index contributed by atoms with van der Waals surface area (Å²) in [6.07, 6.45) is -1.11. The minimum absolute atomic E-state index is 0.348. The Balaban J connectivity index is 1.95. The smallest absolute Gasteiger partial charge is 0.243 e. The molecule has 1 aliphatic rings. The summed E-state index contributed by atoms with van der Waals surface area (Å²) in [5, 5.41) is 0. The Labute approximate surface area is 138 Å². The normalized spacial score (nSPS) is 16.2. The summed E-state index contributed by atoms with van der Waals surface area (Å²) in [5.74, 6) is -2.59. The van der Waals surface area contributed by atoms with Crippen LogP contribution in [0.2, 0.25) is 0 Å². The third kappa shape index (κ3) is 2.94. The molecule has 0 atom stereocenters. The molecule has 6 nitrogen and oxygen atoms in total. The van der Waals surface area contributed by atoms with E-state index in [0.717, 1.165) is 9.80 Å². The fourth-order valence-corrected chi connectivity index (χ4v) is 2.58. The average Bonchev–Trinajstić information content (AvgIpc) is 2.56. The number of para-hydroxylation sites is 2. The minimum atomic E-state index is -0.648. The number of hydrogen-bond donors (Lipinski definition) is 0. The predicted molar refractivity (Wildman–Crippen MR) is 87.1 cm³/mol. The molecule has 3 rings (SSSR count). The van der Waals surface area contributed by atoms with E-state index in [1.165, 1.54) is 0 Å². The number of carbonyl (C=O) groups excluding carboxylic acids is 4. The van der Waals surface area contributed by atoms with Crippen LogP contribution in [0.1, 0.15) is 12.8 Å². The predicted octanol–water partition coefficient (Wildman–Crippen LogP) is 1.90. The second-order valence-electron chi connectivity index (χ2n) is 5.27. The molecule has 0 unspecified atom stereocenters. The van der Waals surface area contributed by atoms with E-state index in [9.17, 15) is 19.2 Å². The van der Waals surface area contributed by atoms with Crippen LogP contribution in [0.25, 0.3) is 0 Å². The van der Waals surface area contributed by atoms with E-state index in [2.05, 4.69) is 0 Å². The van der Waals surface area contributed by atoms with Crippen LogP contribution in [0.4, 0.5) is 11.4 Å². The van der Waals surface area contributed by atoms with Gasteiger partial charge >= 0.3 is 0 Å². The summed E-state index contributed by atoms with van der Waals surface area (Å²) in [7, 11) is 0. The van der Waals surface area contributed by atoms with Gasteiger partial charge in [0.2, 0.25) is 23.6 Å². The zero-order valence-corrected chi connectivity index (χ0v) is 12.7. The number of imide groups is 2. The quantitative estimate of drug-likeness (QED) is 0.625. The molecule has 0 bridgehead atoms. The largest absolute Gasteiger partial charge is 0.273 e. The molecule has 0 aromatic heterocycles. The Morgan fingerprint density at radius 2 is 0.792 bits per heavy atom. The van der Waals surface area contributed by atoms with Gasteiger partial charge < -0.3 is 0 Å². The van der Waals surface area contributed by atoms with Crippen LogP contribution >= 0.6 is 0 Å². The van der Waals surface area contributed by atoms with Crippen molar-refractivity contribution in [3.05, 3.63) is 60.7 Å². The van der Waals surface area contributed by atoms with Crippen LogP contribution < -0.4 is 9.80 Å². The Kier molecular flexibility index (Phi) is 4.20. The van der Waals surface area contributed by atoms with Crippen LogP contribution in [0, 0.1) is 0 Å². The van der Waals surface area contributed by atoms with E-state index in [0.29, 0.717) is 11.4 Å². The molecule has 2 aromatic carbocycles. The lowest BCUT2D eigenvalue weighted by molar-refractivity contribution is -0.134. The second kappa shape index (κ2) is 6.45. The molecule has 0 saturated carbocycles. The number of carbonyl (C=O) groups is 4. The molecular weight excluding hydrogens is 308 g/mol. The van der Waals surface area contributed by atoms with E-state index in [1.54, 1.807) is 60.7 Å². The Morgan fingerprint density at radius 1 is 0.500 bits per heavy atom. The Bertz CT molecular complexity index is 705. The monoisotopic (exact) mass is 322 g/mol. The fraction of sp³-hybridized carbons (Fsp3) is 0.111. The van der Waals surface area contributed by atoms with Crippen molar-refractivity contribution in [1.82, 2.24) is 0 Å². The van der Waals surface area contributed by atoms with Gasteiger partial charge in [-0.2, -0.15) is 0 Å². The number of anilines is 2. The summed E-state index contributed by atoms with van der Waals surface area (Å²) >= 11 is 0. The molecule has 4 amide bonds. The molecular formula is C18H14N2O4. The van der Waals surface area contributed by atoms with Gasteiger partial charge in [0.1, 0.15) is 12.8 Å². The highest BCUT2D eigenvalue weighted by Gasteiger charge is 2.35. The van der Waals surface area contributed by atoms with Gasteiger partial charge in [0, 0.05) is 0 Å². The zero-order valence-electron chi connectivity index (χ0n) is 12.7. The lowest BCUT2D eigenvalue weighted by atomic mass is 10.1. The lowest BCUT2D eigenvalue weighted by Gasteiger charge is -2.27. The van der Waals surface area contributed by atoms with Gasteiger partial charge in [-0.05, 0) is 24.3 Å². The van der Waals surface area contributed by atoms with Crippen molar-refractivity contribution >= 4 is 35.0 Å². The van der Waals surface area contributed by atoms with Crippen LogP contribution in [0.5, 0.6) is 0 Å². The third-order valence-corrected chi connectivity index (χ3v) is 3.63. The Morgan fingerprint density at radius 3 is 1.08 bits per heavy atom. The summed E-state index contributed by atoms with van der Waals surface area (Å²) in [5.41, 5.74) is 0.697. The molecule has 0 spiro atoms. The van der Waals surface area contributed by atoms with Gasteiger partial charge in [0.25, 0.3) is 0 Å². The number of amides is 4. The van der Waals surface area contributed by atoms with Crippen molar-refractivity contribution in [2.75, 3.05) is 9.80 Å². The van der Waals surface area contributed by atoms with Crippen molar-refractivity contribution in [3.8, 4) is 0 Å². The van der Waals surface area contributed by atoms with Gasteiger partial charge in [0.05, 0.1) is 11.4 Å². The zero-order chi connectivity index (χ0) is 17.1. The van der Waals surface area contributed by atoms with Crippen molar-refractivity contribution in [2.45, 2.75) is 12.8 Å². The van der Waals surface area contributed by atoms with Crippen LogP contribution in [0.15, 0.2) is 60.7 Å². The van der Waals surface area contributed by atoms with E-state index in [4.69, 9.17) is 0 Å². The summed E-state index contributed by atoms with van der Waals surface area (Å²) < 4.78 is 0. The first-order valence-corrected chi connectivity index (χ1v) is 7.39. The maximum atomic E-state index is 12.4. The van der Waals surface area contributed by atoms with E-state index in [1.807, 2.05) is 0 Å². The van der Waals surface area contributed by atoms with E-state index in [-0.39, 0.29) is 0 Å². The van der Waals surface area contributed by atoms with Crippen molar-refractivity contribution in [3.63, 3.8) is 0 Å². The highest BCUT2D eigenvalue weighted by Crippen LogP contribution is 2.22. The lowest BCUT2D eigenvalue weighted by Crippen LogP contribution is -2.49. The first-order valence-electron chi connectivity index (χ1n) is 7.39. The van der Waals surface area contributed by atoms with Crippen molar-refractivity contribution in [1.29, 1.82) is 0 Å². The molecule has 1 aliphatic heterocycles. The van der Waals surface area contributed by atoms with Crippen molar-refractivity contribution < 1.29 is 19.2 Å². The van der Waals surface area contributed by atoms with Crippen LogP contribution in [0.3, 0.4) is 0 Å². The minimum Gasteiger partial charge on any atom is -0.273 e. The van der Waals surface area contributed by atoms with E-state index < -0.39 is 36.5 Å². The molecule has 0 N–H and O–H groups in total. The molecule has 6 heteroatoms. The van der Waals surface area contributed by atoms with Crippen molar-refractivity contribution in [2.24, 2.45) is 0 Å². The number of hydrogen-bond acceptors (Lipinski definition) is 4. The van der Waals surface area contributed by atoms with E-state index >= 15 is 0 Å². The first-order chi connectivity index (χ1) is 11.6. The molecule has 2 aromatic rings. The molecule has 0 radical (unpaired) electrons. The first kappa shape index (κ1) is 15.6. The average molecular weight is 322 g/mol. The van der Waals surface area contributed by atoms with Crippen LogP contribution in [-0.4, -0.2) is 23.6 Å². The number of rotatable bonds is 2. The summed E-state index contributed by atoms with van der Waals surface area (Å²) in [4.78, 5) is 51.5. The SMILES string of the molecule is O=C1CC(=O)N(c2ccccc2)C(=O)CC(=O)N1c1ccccc1. The molecule has 1 saturated heterocycles. The molecule has 24 heavy (non-hydrogen) atoms. The highest BCUT2D eigenvalue weighted by atomic mass is 16.2. The maximum Gasteiger partial charge on any atom is 0.243 e. The van der Waals surface area contributed by atoms with Gasteiger partial charge in [-0.1, -0.05) is 36.4 Å². The number of nitrogens with zero attached hydrogens (tertiary/aromatic N) is 2. The van der Waals surface area contributed by atoms with Gasteiger partial charge in [-0.25, -0.2) is 9.80 Å². The molecule has 0 aliphatic carbocycles. The fourth-order valence-electron chi connectivity index (χ4n) is 2.58. The summed E-state index contributed by atoms with van der Waals surface area (Å²) in [6, 6.07) is 16.5. The van der Waals surface area contributed by atoms with Gasteiger partial charge in [0.15, 0.2) is 0 Å². The third-order valence-electron chi connectivity index (χ3n) is 3.63. The van der Waals surface area contributed by atoms with Gasteiger partial charge in [-0.3, -0.25) is 19.2 Å². The molecule has 1 fully saturated rings. The number of benzene rings is 2. The van der Waals surface area contributed by atoms with Crippen LogP contribution in [-0.2, 0) is 19.2 Å². The second-order valence-corrected chi connectivity index (χ2v) is 5.27. The maximum absolute atomic E-state index is 12.4. The Hall–Kier alpha value is -3.28. The highest BCUT2D eigenvalue weighted by molar-refractivity contribution is 6.31. The molecule has 1 heterocycles. The molecule has 120 valence electrons. The topological polar surface area (TPSA) is 74.8 Å². The standard InChI is InChI=1S/C18H14N2O4/c21-15-11-17(23)20(14-9-5-2-6-10-14)18(24)12-16(22)19(15)13-7-3-1-4-8-13/h1-10H,11-12H2.